The number of rotatable bonds is 4. The van der Waals surface area contributed by atoms with Crippen LogP contribution in [0.3, 0.4) is 0 Å². The Kier molecular flexibility index (Phi) is 4.35. The lowest BCUT2D eigenvalue weighted by atomic mass is 9.92. The highest BCUT2D eigenvalue weighted by Gasteiger charge is 2.07. The summed E-state index contributed by atoms with van der Waals surface area (Å²) < 4.78 is 0. The van der Waals surface area contributed by atoms with E-state index in [9.17, 15) is 0 Å². The van der Waals surface area contributed by atoms with Gasteiger partial charge < -0.3 is 0 Å². The fourth-order valence-electron chi connectivity index (χ4n) is 2.08. The summed E-state index contributed by atoms with van der Waals surface area (Å²) in [6.45, 7) is 8.21. The molecule has 2 aromatic rings. The molecule has 0 heteroatoms. The van der Waals surface area contributed by atoms with Crippen molar-refractivity contribution in [2.24, 2.45) is 5.92 Å². The van der Waals surface area contributed by atoms with Crippen LogP contribution in [0.1, 0.15) is 23.6 Å². The average molecular weight is 248 g/mol. The van der Waals surface area contributed by atoms with E-state index in [1.54, 1.807) is 0 Å². The number of benzene rings is 2. The molecule has 0 spiro atoms. The third kappa shape index (κ3) is 3.45. The Morgan fingerprint density at radius 2 is 1.63 bits per heavy atom. The molecule has 0 aromatic heterocycles. The molecule has 0 nitrogen and oxygen atoms in total. The van der Waals surface area contributed by atoms with Crippen molar-refractivity contribution >= 4 is 11.6 Å². The zero-order chi connectivity index (χ0) is 13.7. The van der Waals surface area contributed by atoms with Gasteiger partial charge in [0.1, 0.15) is 0 Å². The van der Waals surface area contributed by atoms with Gasteiger partial charge in [-0.3, -0.25) is 0 Å². The van der Waals surface area contributed by atoms with Crippen molar-refractivity contribution in [2.45, 2.75) is 13.8 Å². The van der Waals surface area contributed by atoms with E-state index >= 15 is 0 Å². The summed E-state index contributed by atoms with van der Waals surface area (Å²) in [5, 5.41) is 0. The highest BCUT2D eigenvalue weighted by atomic mass is 14.1. The van der Waals surface area contributed by atoms with Crippen molar-refractivity contribution in [2.75, 3.05) is 0 Å². The van der Waals surface area contributed by atoms with Crippen LogP contribution in [0.4, 0.5) is 0 Å². The summed E-state index contributed by atoms with van der Waals surface area (Å²) in [6, 6.07) is 19.1. The quantitative estimate of drug-likeness (QED) is 0.505. The maximum Gasteiger partial charge on any atom is -0.000697 e. The molecule has 0 N–H and O–H groups in total. The van der Waals surface area contributed by atoms with E-state index in [0.717, 1.165) is 0 Å². The molecule has 0 bridgehead atoms. The zero-order valence-electron chi connectivity index (χ0n) is 11.6. The second-order valence-electron chi connectivity index (χ2n) is 4.90. The van der Waals surface area contributed by atoms with Crippen LogP contribution in [0.2, 0.25) is 0 Å². The molecule has 0 saturated heterocycles. The van der Waals surface area contributed by atoms with E-state index in [2.05, 4.69) is 75.0 Å². The average Bonchev–Trinajstić information content (AvgIpc) is 2.47. The Balaban J connectivity index is 2.43. The predicted molar refractivity (Wildman–Crippen MR) is 84.9 cm³/mol. The van der Waals surface area contributed by atoms with E-state index in [0.29, 0.717) is 5.92 Å². The molecule has 2 rings (SSSR count). The van der Waals surface area contributed by atoms with Gasteiger partial charge in [0.05, 0.1) is 0 Å². The summed E-state index contributed by atoms with van der Waals surface area (Å²) in [5.74, 6) is 0.337. The lowest BCUT2D eigenvalue weighted by Crippen LogP contribution is -1.95. The molecule has 1 atom stereocenters. The molecule has 96 valence electrons. The highest BCUT2D eigenvalue weighted by Crippen LogP contribution is 2.26. The van der Waals surface area contributed by atoms with Gasteiger partial charge in [0.25, 0.3) is 0 Å². The molecule has 0 aliphatic carbocycles. The third-order valence-electron chi connectivity index (χ3n) is 3.35. The van der Waals surface area contributed by atoms with Gasteiger partial charge >= 0.3 is 0 Å². The standard InChI is InChI=1S/C19H20/c1-4-16(3)19(18-8-6-5-7-9-18)14-17-12-10-15(2)11-13-17/h4-14,16H,1H2,2-3H3/b19-14-. The SMILES string of the molecule is C=CC(C)/C(=C/c1ccc(C)cc1)c1ccccc1. The third-order valence-corrected chi connectivity index (χ3v) is 3.35. The number of hydrogen-bond donors (Lipinski definition) is 0. The topological polar surface area (TPSA) is 0 Å². The monoisotopic (exact) mass is 248 g/mol. The Morgan fingerprint density at radius 1 is 1.00 bits per heavy atom. The van der Waals surface area contributed by atoms with Crippen LogP contribution in [-0.4, -0.2) is 0 Å². The molecule has 0 radical (unpaired) electrons. The molecule has 2 aromatic carbocycles. The molecule has 0 fully saturated rings. The minimum Gasteiger partial charge on any atom is -0.102 e. The maximum atomic E-state index is 3.92. The zero-order valence-corrected chi connectivity index (χ0v) is 11.6. The Morgan fingerprint density at radius 3 is 2.21 bits per heavy atom. The summed E-state index contributed by atoms with van der Waals surface area (Å²) in [5.41, 5.74) is 5.09. The summed E-state index contributed by atoms with van der Waals surface area (Å²) in [4.78, 5) is 0. The van der Waals surface area contributed by atoms with Crippen LogP contribution >= 0.6 is 0 Å². The number of hydrogen-bond acceptors (Lipinski definition) is 0. The molecule has 0 amide bonds. The summed E-state index contributed by atoms with van der Waals surface area (Å²) in [6.07, 6.45) is 4.24. The lowest BCUT2D eigenvalue weighted by molar-refractivity contribution is 0.973. The van der Waals surface area contributed by atoms with E-state index < -0.39 is 0 Å². The summed E-state index contributed by atoms with van der Waals surface area (Å²) in [7, 11) is 0. The largest absolute Gasteiger partial charge is 0.102 e. The first-order chi connectivity index (χ1) is 9.20. The van der Waals surface area contributed by atoms with Crippen molar-refractivity contribution < 1.29 is 0 Å². The first-order valence-corrected chi connectivity index (χ1v) is 6.67. The van der Waals surface area contributed by atoms with Crippen molar-refractivity contribution in [3.05, 3.63) is 83.9 Å². The molecule has 0 saturated carbocycles. The normalized spacial score (nSPS) is 13.1. The second kappa shape index (κ2) is 6.19. The van der Waals surface area contributed by atoms with E-state index in [-0.39, 0.29) is 0 Å². The van der Waals surface area contributed by atoms with Gasteiger partial charge in [-0.05, 0) is 29.5 Å². The molecular formula is C19H20. The molecule has 1 unspecified atom stereocenters. The van der Waals surface area contributed by atoms with Crippen LogP contribution in [0, 0.1) is 12.8 Å². The first kappa shape index (κ1) is 13.4. The second-order valence-corrected chi connectivity index (χ2v) is 4.90. The van der Waals surface area contributed by atoms with Crippen LogP contribution in [-0.2, 0) is 0 Å². The van der Waals surface area contributed by atoms with E-state index in [1.165, 1.54) is 22.3 Å². The molecule has 0 aliphatic rings. The first-order valence-electron chi connectivity index (χ1n) is 6.67. The smallest absolute Gasteiger partial charge is 0.000697 e. The Hall–Kier alpha value is -2.08. The maximum absolute atomic E-state index is 3.92. The molecule has 0 heterocycles. The van der Waals surface area contributed by atoms with Crippen molar-refractivity contribution in [3.8, 4) is 0 Å². The lowest BCUT2D eigenvalue weighted by Gasteiger charge is -2.13. The van der Waals surface area contributed by atoms with E-state index in [4.69, 9.17) is 0 Å². The van der Waals surface area contributed by atoms with Crippen LogP contribution in [0.15, 0.2) is 67.3 Å². The van der Waals surface area contributed by atoms with E-state index in [1.807, 2.05) is 12.1 Å². The van der Waals surface area contributed by atoms with Gasteiger partial charge in [0.15, 0.2) is 0 Å². The van der Waals surface area contributed by atoms with Crippen LogP contribution in [0.25, 0.3) is 11.6 Å². The fraction of sp³-hybridized carbons (Fsp3) is 0.158. The predicted octanol–water partition coefficient (Wildman–Crippen LogP) is 5.36. The summed E-state index contributed by atoms with van der Waals surface area (Å²) >= 11 is 0. The van der Waals surface area contributed by atoms with Crippen LogP contribution in [0.5, 0.6) is 0 Å². The molecular weight excluding hydrogens is 228 g/mol. The Bertz CT molecular complexity index is 559. The van der Waals surface area contributed by atoms with Gasteiger partial charge in [-0.2, -0.15) is 0 Å². The minimum absolute atomic E-state index is 0.337. The highest BCUT2D eigenvalue weighted by molar-refractivity contribution is 5.83. The van der Waals surface area contributed by atoms with Gasteiger partial charge in [-0.1, -0.05) is 79.2 Å². The number of aryl methyl sites for hydroxylation is 1. The van der Waals surface area contributed by atoms with Crippen LogP contribution < -0.4 is 0 Å². The van der Waals surface area contributed by atoms with Gasteiger partial charge in [0.2, 0.25) is 0 Å². The van der Waals surface area contributed by atoms with Gasteiger partial charge in [-0.15, -0.1) is 6.58 Å². The van der Waals surface area contributed by atoms with Crippen molar-refractivity contribution in [1.29, 1.82) is 0 Å². The molecule has 0 aliphatic heterocycles. The van der Waals surface area contributed by atoms with Crippen molar-refractivity contribution in [1.82, 2.24) is 0 Å². The number of allylic oxidation sites excluding steroid dienone is 2. The Labute approximate surface area is 116 Å². The van der Waals surface area contributed by atoms with Crippen molar-refractivity contribution in [3.63, 3.8) is 0 Å². The van der Waals surface area contributed by atoms with Gasteiger partial charge in [-0.25, -0.2) is 0 Å². The molecule has 19 heavy (non-hydrogen) atoms. The fourth-order valence-corrected chi connectivity index (χ4v) is 2.08. The van der Waals surface area contributed by atoms with Gasteiger partial charge in [0, 0.05) is 0 Å². The minimum atomic E-state index is 0.337.